The van der Waals surface area contributed by atoms with Crippen LogP contribution in [0.5, 0.6) is 0 Å². The molecule has 6 nitrogen and oxygen atoms in total. The van der Waals surface area contributed by atoms with E-state index < -0.39 is 0 Å². The first kappa shape index (κ1) is 16.4. The highest BCUT2D eigenvalue weighted by molar-refractivity contribution is 7.13. The molecule has 26 heavy (non-hydrogen) atoms. The predicted octanol–water partition coefficient (Wildman–Crippen LogP) is 2.85. The molecular weight excluding hydrogens is 348 g/mol. The van der Waals surface area contributed by atoms with Crippen molar-refractivity contribution in [2.75, 3.05) is 13.2 Å². The van der Waals surface area contributed by atoms with Crippen molar-refractivity contribution in [2.24, 2.45) is 0 Å². The average molecular weight is 364 g/mol. The fourth-order valence-electron chi connectivity index (χ4n) is 2.72. The molecule has 2 N–H and O–H groups in total. The Morgan fingerprint density at radius 2 is 2.12 bits per heavy atom. The number of carbonyl (C=O) groups is 1. The van der Waals surface area contributed by atoms with E-state index in [0.717, 1.165) is 27.5 Å². The van der Waals surface area contributed by atoms with Crippen molar-refractivity contribution in [3.8, 4) is 21.8 Å². The highest BCUT2D eigenvalue weighted by atomic mass is 32.1. The zero-order valence-electron chi connectivity index (χ0n) is 13.8. The second kappa shape index (κ2) is 7.07. The van der Waals surface area contributed by atoms with Gasteiger partial charge in [0.25, 0.3) is 5.91 Å². The number of nitrogens with one attached hydrogen (secondary N) is 1. The molecule has 0 aliphatic rings. The number of aliphatic hydroxyl groups is 1. The zero-order chi connectivity index (χ0) is 17.9. The third kappa shape index (κ3) is 3.10. The number of aliphatic hydroxyl groups excluding tert-OH is 1. The Morgan fingerprint density at radius 3 is 2.92 bits per heavy atom. The van der Waals surface area contributed by atoms with Gasteiger partial charge in [-0.15, -0.1) is 11.3 Å². The lowest BCUT2D eigenvalue weighted by Gasteiger charge is -2.06. The number of rotatable bonds is 5. The van der Waals surface area contributed by atoms with Gasteiger partial charge in [-0.05, 0) is 35.7 Å². The Morgan fingerprint density at radius 1 is 1.19 bits per heavy atom. The summed E-state index contributed by atoms with van der Waals surface area (Å²) >= 11 is 1.63. The summed E-state index contributed by atoms with van der Waals surface area (Å²) in [6.45, 7) is 0.137. The Labute approximate surface area is 153 Å². The monoisotopic (exact) mass is 364 g/mol. The lowest BCUT2D eigenvalue weighted by atomic mass is 10.1. The lowest BCUT2D eigenvalue weighted by Crippen LogP contribution is -2.26. The summed E-state index contributed by atoms with van der Waals surface area (Å²) < 4.78 is 1.79. The lowest BCUT2D eigenvalue weighted by molar-refractivity contribution is 0.0945. The van der Waals surface area contributed by atoms with E-state index >= 15 is 0 Å². The largest absolute Gasteiger partial charge is 0.395 e. The minimum atomic E-state index is -0.220. The van der Waals surface area contributed by atoms with Crippen LogP contribution in [0.1, 0.15) is 10.4 Å². The molecule has 4 aromatic rings. The van der Waals surface area contributed by atoms with Crippen LogP contribution in [0.3, 0.4) is 0 Å². The fourth-order valence-corrected chi connectivity index (χ4v) is 3.41. The van der Waals surface area contributed by atoms with Gasteiger partial charge in [-0.2, -0.15) is 5.10 Å². The van der Waals surface area contributed by atoms with E-state index in [4.69, 9.17) is 10.2 Å². The number of benzene rings is 1. The molecule has 7 heteroatoms. The van der Waals surface area contributed by atoms with Crippen LogP contribution in [0.25, 0.3) is 27.5 Å². The maximum absolute atomic E-state index is 12.1. The Hall–Kier alpha value is -3.03. The van der Waals surface area contributed by atoms with E-state index in [1.54, 1.807) is 34.2 Å². The number of amides is 1. The molecule has 0 radical (unpaired) electrons. The van der Waals surface area contributed by atoms with Crippen molar-refractivity contribution < 1.29 is 9.90 Å². The summed E-state index contributed by atoms with van der Waals surface area (Å²) in [6.07, 6.45) is 1.76. The predicted molar refractivity (Wildman–Crippen MR) is 101 cm³/mol. The maximum atomic E-state index is 12.1. The molecule has 0 saturated carbocycles. The van der Waals surface area contributed by atoms with Crippen molar-refractivity contribution in [1.82, 2.24) is 19.9 Å². The van der Waals surface area contributed by atoms with Gasteiger partial charge in [0.15, 0.2) is 5.65 Å². The number of hydrogen-bond acceptors (Lipinski definition) is 5. The first-order chi connectivity index (χ1) is 12.8. The second-order valence-corrected chi connectivity index (χ2v) is 6.62. The topological polar surface area (TPSA) is 79.5 Å². The molecule has 0 aliphatic carbocycles. The molecule has 0 bridgehead atoms. The number of thiophene rings is 1. The van der Waals surface area contributed by atoms with E-state index in [-0.39, 0.29) is 19.1 Å². The normalized spacial score (nSPS) is 11.0. The first-order valence-electron chi connectivity index (χ1n) is 8.14. The van der Waals surface area contributed by atoms with Crippen molar-refractivity contribution >= 4 is 22.9 Å². The molecular formula is C19H16N4O2S. The van der Waals surface area contributed by atoms with Crippen molar-refractivity contribution in [1.29, 1.82) is 0 Å². The van der Waals surface area contributed by atoms with Gasteiger partial charge >= 0.3 is 0 Å². The van der Waals surface area contributed by atoms with Gasteiger partial charge in [0.1, 0.15) is 5.69 Å². The van der Waals surface area contributed by atoms with Crippen LogP contribution in [0, 0.1) is 0 Å². The molecule has 3 aromatic heterocycles. The zero-order valence-corrected chi connectivity index (χ0v) is 14.6. The number of imidazole rings is 1. The maximum Gasteiger partial charge on any atom is 0.251 e. The van der Waals surface area contributed by atoms with Crippen LogP contribution >= 0.6 is 11.3 Å². The van der Waals surface area contributed by atoms with Crippen LogP contribution in [-0.4, -0.2) is 38.8 Å². The second-order valence-electron chi connectivity index (χ2n) is 5.67. The van der Waals surface area contributed by atoms with Crippen LogP contribution in [-0.2, 0) is 0 Å². The van der Waals surface area contributed by atoms with Gasteiger partial charge in [-0.1, -0.05) is 18.2 Å². The molecule has 0 aliphatic heterocycles. The molecule has 130 valence electrons. The summed E-state index contributed by atoms with van der Waals surface area (Å²) in [5, 5.41) is 18.2. The minimum Gasteiger partial charge on any atom is -0.395 e. The van der Waals surface area contributed by atoms with Crippen molar-refractivity contribution in [3.63, 3.8) is 0 Å². The van der Waals surface area contributed by atoms with Crippen molar-refractivity contribution in [3.05, 3.63) is 65.7 Å². The average Bonchev–Trinajstić information content (AvgIpc) is 3.35. The fraction of sp³-hybridized carbons (Fsp3) is 0.105. The Balaban J connectivity index is 1.75. The van der Waals surface area contributed by atoms with E-state index in [0.29, 0.717) is 5.56 Å². The number of nitrogens with zero attached hydrogens (tertiary/aromatic N) is 3. The van der Waals surface area contributed by atoms with Crippen molar-refractivity contribution in [2.45, 2.75) is 0 Å². The van der Waals surface area contributed by atoms with E-state index in [1.165, 1.54) is 0 Å². The molecule has 3 heterocycles. The molecule has 0 unspecified atom stereocenters. The highest BCUT2D eigenvalue weighted by Gasteiger charge is 2.12. The Bertz CT molecular complexity index is 1060. The number of fused-ring (bicyclic) bond motifs is 1. The summed E-state index contributed by atoms with van der Waals surface area (Å²) in [6, 6.07) is 15.2. The summed E-state index contributed by atoms with van der Waals surface area (Å²) in [4.78, 5) is 17.6. The quantitative estimate of drug-likeness (QED) is 0.571. The standard InChI is InChI=1S/C19H16N4O2S/c24-9-8-20-19(25)14-4-1-3-13(11-14)16-12-21-18-7-6-15(22-23(16)18)17-5-2-10-26-17/h1-7,10-12,24H,8-9H2,(H,20,25). The van der Waals surface area contributed by atoms with Crippen LogP contribution in [0.2, 0.25) is 0 Å². The van der Waals surface area contributed by atoms with E-state index in [9.17, 15) is 4.79 Å². The summed E-state index contributed by atoms with van der Waals surface area (Å²) in [7, 11) is 0. The molecule has 0 saturated heterocycles. The number of aromatic nitrogens is 3. The van der Waals surface area contributed by atoms with Gasteiger partial charge in [0.2, 0.25) is 0 Å². The van der Waals surface area contributed by atoms with Gasteiger partial charge in [-0.25, -0.2) is 9.50 Å². The van der Waals surface area contributed by atoms with Gasteiger partial charge in [0.05, 0.1) is 23.4 Å². The minimum absolute atomic E-state index is 0.0892. The first-order valence-corrected chi connectivity index (χ1v) is 9.02. The number of hydrogen-bond donors (Lipinski definition) is 2. The number of carbonyl (C=O) groups excluding carboxylic acids is 1. The van der Waals surface area contributed by atoms with Crippen LogP contribution in [0.4, 0.5) is 0 Å². The van der Waals surface area contributed by atoms with Crippen LogP contribution < -0.4 is 5.32 Å². The molecule has 0 fully saturated rings. The van der Waals surface area contributed by atoms with Gasteiger partial charge in [0, 0.05) is 17.7 Å². The third-order valence-electron chi connectivity index (χ3n) is 3.95. The van der Waals surface area contributed by atoms with Crippen LogP contribution in [0.15, 0.2) is 60.1 Å². The molecule has 0 spiro atoms. The molecule has 4 rings (SSSR count). The third-order valence-corrected chi connectivity index (χ3v) is 4.85. The smallest absolute Gasteiger partial charge is 0.251 e. The van der Waals surface area contributed by atoms with E-state index in [1.807, 2.05) is 41.8 Å². The van der Waals surface area contributed by atoms with Gasteiger partial charge in [-0.3, -0.25) is 4.79 Å². The SMILES string of the molecule is O=C(NCCO)c1cccc(-c2cnc3ccc(-c4cccs4)nn23)c1. The summed E-state index contributed by atoms with van der Waals surface area (Å²) in [5.41, 5.74) is 3.82. The summed E-state index contributed by atoms with van der Waals surface area (Å²) in [5.74, 6) is -0.220. The molecule has 0 atom stereocenters. The highest BCUT2D eigenvalue weighted by Crippen LogP contribution is 2.26. The molecule has 1 aromatic carbocycles. The van der Waals surface area contributed by atoms with Gasteiger partial charge < -0.3 is 10.4 Å². The molecule has 1 amide bonds. The Kier molecular flexibility index (Phi) is 4.47. The van der Waals surface area contributed by atoms with E-state index in [2.05, 4.69) is 10.3 Å².